The van der Waals surface area contributed by atoms with Gasteiger partial charge in [-0.05, 0) is 31.5 Å². The molecule has 0 atom stereocenters. The van der Waals surface area contributed by atoms with Crippen molar-refractivity contribution in [3.63, 3.8) is 0 Å². The van der Waals surface area contributed by atoms with E-state index in [1.165, 1.54) is 29.8 Å². The van der Waals surface area contributed by atoms with E-state index in [0.717, 1.165) is 3.95 Å². The molecule has 48 valence electrons. The number of hydrogen-bond donors (Lipinski definition) is 1. The Bertz CT molecular complexity index is 246. The van der Waals surface area contributed by atoms with Crippen LogP contribution in [0.25, 0.3) is 0 Å². The molecule has 3 heteroatoms. The molecule has 0 unspecified atom stereocenters. The van der Waals surface area contributed by atoms with E-state index < -0.39 is 0 Å². The summed E-state index contributed by atoms with van der Waals surface area (Å²) in [6, 6.07) is 0. The van der Waals surface area contributed by atoms with Gasteiger partial charge >= 0.3 is 0 Å². The first-order valence-electron chi connectivity index (χ1n) is 3.07. The Kier molecular flexibility index (Phi) is 1.20. The predicted molar refractivity (Wildman–Crippen MR) is 41.5 cm³/mol. The molecular formula is C6H7NS2. The van der Waals surface area contributed by atoms with Crippen LogP contribution in [0.15, 0.2) is 0 Å². The topological polar surface area (TPSA) is 15.8 Å². The fraction of sp³-hybridized carbons (Fsp3) is 0.500. The number of nitrogens with one attached hydrogen (secondary N) is 1. The molecule has 0 spiro atoms. The third-order valence-corrected chi connectivity index (χ3v) is 2.97. The summed E-state index contributed by atoms with van der Waals surface area (Å²) in [5.41, 5.74) is 1.39. The standard InChI is InChI=1S/C6H7NS2/c8-6-7-4-2-1-3-5(4)9-6/h1-3H2,(H,7,8). The number of aromatic amines is 1. The molecule has 0 saturated carbocycles. The average Bonchev–Trinajstić information content (AvgIpc) is 2.22. The Morgan fingerprint density at radius 1 is 1.44 bits per heavy atom. The number of hydrogen-bond acceptors (Lipinski definition) is 2. The van der Waals surface area contributed by atoms with Crippen molar-refractivity contribution in [2.24, 2.45) is 0 Å². The molecule has 9 heavy (non-hydrogen) atoms. The summed E-state index contributed by atoms with van der Waals surface area (Å²) >= 11 is 6.72. The number of H-pyrrole nitrogens is 1. The van der Waals surface area contributed by atoms with Gasteiger partial charge in [0.2, 0.25) is 0 Å². The Balaban J connectivity index is 2.64. The number of aromatic nitrogens is 1. The van der Waals surface area contributed by atoms with Crippen molar-refractivity contribution in [1.82, 2.24) is 4.98 Å². The lowest BCUT2D eigenvalue weighted by molar-refractivity contribution is 0.898. The highest BCUT2D eigenvalue weighted by molar-refractivity contribution is 7.73. The highest BCUT2D eigenvalue weighted by Gasteiger charge is 2.11. The van der Waals surface area contributed by atoms with Gasteiger partial charge in [-0.2, -0.15) is 0 Å². The third-order valence-electron chi connectivity index (χ3n) is 1.64. The average molecular weight is 157 g/mol. The molecule has 0 aromatic carbocycles. The van der Waals surface area contributed by atoms with Crippen molar-refractivity contribution >= 4 is 23.6 Å². The first-order valence-corrected chi connectivity index (χ1v) is 4.29. The molecule has 0 radical (unpaired) electrons. The number of thiazole rings is 1. The van der Waals surface area contributed by atoms with E-state index in [2.05, 4.69) is 4.98 Å². The largest absolute Gasteiger partial charge is 0.341 e. The van der Waals surface area contributed by atoms with Crippen molar-refractivity contribution in [2.45, 2.75) is 19.3 Å². The summed E-state index contributed by atoms with van der Waals surface area (Å²) in [6.45, 7) is 0. The number of aryl methyl sites for hydroxylation is 2. The van der Waals surface area contributed by atoms with Crippen LogP contribution in [-0.4, -0.2) is 4.98 Å². The van der Waals surface area contributed by atoms with Crippen LogP contribution in [0, 0.1) is 3.95 Å². The predicted octanol–water partition coefficient (Wildman–Crippen LogP) is 2.29. The van der Waals surface area contributed by atoms with Crippen LogP contribution in [0.3, 0.4) is 0 Å². The molecule has 0 aliphatic heterocycles. The summed E-state index contributed by atoms with van der Waals surface area (Å²) < 4.78 is 0.944. The quantitative estimate of drug-likeness (QED) is 0.571. The van der Waals surface area contributed by atoms with Crippen molar-refractivity contribution in [3.8, 4) is 0 Å². The maximum atomic E-state index is 4.98. The second-order valence-electron chi connectivity index (χ2n) is 2.27. The van der Waals surface area contributed by atoms with Crippen molar-refractivity contribution in [3.05, 3.63) is 14.5 Å². The summed E-state index contributed by atoms with van der Waals surface area (Å²) in [5.74, 6) is 0. The van der Waals surface area contributed by atoms with Crippen LogP contribution < -0.4 is 0 Å². The van der Waals surface area contributed by atoms with Crippen molar-refractivity contribution < 1.29 is 0 Å². The van der Waals surface area contributed by atoms with Gasteiger partial charge in [-0.3, -0.25) is 0 Å². The van der Waals surface area contributed by atoms with Gasteiger partial charge in [0.15, 0.2) is 3.95 Å². The monoisotopic (exact) mass is 157 g/mol. The van der Waals surface area contributed by atoms with Gasteiger partial charge in [0.1, 0.15) is 0 Å². The van der Waals surface area contributed by atoms with Gasteiger partial charge in [0, 0.05) is 10.6 Å². The van der Waals surface area contributed by atoms with E-state index in [1.54, 1.807) is 11.3 Å². The molecule has 0 amide bonds. The summed E-state index contributed by atoms with van der Waals surface area (Å²) in [6.07, 6.45) is 3.77. The van der Waals surface area contributed by atoms with Crippen LogP contribution in [0.1, 0.15) is 17.0 Å². The molecule has 1 heterocycles. The first kappa shape index (κ1) is 5.62. The zero-order valence-corrected chi connectivity index (χ0v) is 6.57. The van der Waals surface area contributed by atoms with Gasteiger partial charge in [0.05, 0.1) is 0 Å². The molecule has 1 aromatic rings. The Morgan fingerprint density at radius 3 is 3.11 bits per heavy atom. The van der Waals surface area contributed by atoms with Gasteiger partial charge < -0.3 is 4.98 Å². The Hall–Kier alpha value is -0.150. The molecule has 0 fully saturated rings. The number of rotatable bonds is 0. The van der Waals surface area contributed by atoms with Crippen LogP contribution in [-0.2, 0) is 12.8 Å². The van der Waals surface area contributed by atoms with Crippen LogP contribution in [0.2, 0.25) is 0 Å². The molecule has 1 aliphatic carbocycles. The van der Waals surface area contributed by atoms with E-state index in [1.807, 2.05) is 0 Å². The molecule has 1 N–H and O–H groups in total. The minimum Gasteiger partial charge on any atom is -0.341 e. The van der Waals surface area contributed by atoms with Crippen LogP contribution in [0.5, 0.6) is 0 Å². The molecule has 1 aliphatic rings. The van der Waals surface area contributed by atoms with Gasteiger partial charge in [-0.25, -0.2) is 0 Å². The highest BCUT2D eigenvalue weighted by Crippen LogP contribution is 2.24. The van der Waals surface area contributed by atoms with Crippen LogP contribution in [0.4, 0.5) is 0 Å². The highest BCUT2D eigenvalue weighted by atomic mass is 32.1. The minimum absolute atomic E-state index is 0.944. The maximum Gasteiger partial charge on any atom is 0.158 e. The number of fused-ring (bicyclic) bond motifs is 1. The lowest BCUT2D eigenvalue weighted by Gasteiger charge is -1.80. The lowest BCUT2D eigenvalue weighted by atomic mass is 10.4. The molecule has 2 rings (SSSR count). The van der Waals surface area contributed by atoms with Crippen molar-refractivity contribution in [2.75, 3.05) is 0 Å². The summed E-state index contributed by atoms with van der Waals surface area (Å²) in [5, 5.41) is 0. The van der Waals surface area contributed by atoms with E-state index >= 15 is 0 Å². The smallest absolute Gasteiger partial charge is 0.158 e. The van der Waals surface area contributed by atoms with E-state index in [-0.39, 0.29) is 0 Å². The second-order valence-corrected chi connectivity index (χ2v) is 4.04. The Morgan fingerprint density at radius 2 is 2.33 bits per heavy atom. The Labute approximate surface area is 62.7 Å². The van der Waals surface area contributed by atoms with Gasteiger partial charge in [-0.1, -0.05) is 0 Å². The zero-order valence-electron chi connectivity index (χ0n) is 4.94. The third kappa shape index (κ3) is 0.843. The van der Waals surface area contributed by atoms with E-state index in [4.69, 9.17) is 12.2 Å². The van der Waals surface area contributed by atoms with Gasteiger partial charge in [0.25, 0.3) is 0 Å². The first-order chi connectivity index (χ1) is 4.36. The van der Waals surface area contributed by atoms with E-state index in [9.17, 15) is 0 Å². The molecule has 0 saturated heterocycles. The lowest BCUT2D eigenvalue weighted by Crippen LogP contribution is -1.74. The maximum absolute atomic E-state index is 4.98. The van der Waals surface area contributed by atoms with Crippen molar-refractivity contribution in [1.29, 1.82) is 0 Å². The molecule has 1 aromatic heterocycles. The minimum atomic E-state index is 0.944. The molecular weight excluding hydrogens is 150 g/mol. The summed E-state index contributed by atoms with van der Waals surface area (Å²) in [4.78, 5) is 4.68. The second kappa shape index (κ2) is 1.92. The zero-order chi connectivity index (χ0) is 6.27. The fourth-order valence-electron chi connectivity index (χ4n) is 1.22. The SMILES string of the molecule is S=c1[nH]c2c(s1)CCC2. The normalized spacial score (nSPS) is 16.0. The molecule has 1 nitrogen and oxygen atoms in total. The van der Waals surface area contributed by atoms with Gasteiger partial charge in [-0.15, -0.1) is 11.3 Å². The molecule has 0 bridgehead atoms. The van der Waals surface area contributed by atoms with Crippen LogP contribution >= 0.6 is 23.6 Å². The summed E-state index contributed by atoms with van der Waals surface area (Å²) in [7, 11) is 0. The van der Waals surface area contributed by atoms with E-state index in [0.29, 0.717) is 0 Å². The fourth-order valence-corrected chi connectivity index (χ4v) is 2.57.